The molecule has 0 atom stereocenters. The lowest BCUT2D eigenvalue weighted by molar-refractivity contribution is -0.118. The molecule has 3 aliphatic heterocycles. The molecule has 0 radical (unpaired) electrons. The minimum Gasteiger partial charge on any atom is -0.444 e. The maximum atomic E-state index is 12.2. The lowest BCUT2D eigenvalue weighted by Crippen LogP contribution is -2.73. The van der Waals surface area contributed by atoms with Crippen LogP contribution in [0.15, 0.2) is 36.7 Å². The number of aromatic nitrogens is 1. The molecular formula is C25H30N4O3. The first-order chi connectivity index (χ1) is 15.1. The Balaban J connectivity index is 1.24. The SMILES string of the molecule is CN1C(=O)CCc2cc(-c3cncc(N4CC5(CN(C(=O)OC(C)(C)C)C5)C4)c3)ccc21. The van der Waals surface area contributed by atoms with Crippen LogP contribution in [-0.2, 0) is 16.0 Å². The highest BCUT2D eigenvalue weighted by Crippen LogP contribution is 2.43. The monoisotopic (exact) mass is 434 g/mol. The van der Waals surface area contributed by atoms with Gasteiger partial charge in [-0.05, 0) is 56.5 Å². The Labute approximate surface area is 189 Å². The third kappa shape index (κ3) is 3.70. The number of carbonyl (C=O) groups is 2. The summed E-state index contributed by atoms with van der Waals surface area (Å²) in [4.78, 5) is 34.5. The Hall–Kier alpha value is -3.09. The van der Waals surface area contributed by atoms with Crippen LogP contribution in [0.25, 0.3) is 11.1 Å². The minimum absolute atomic E-state index is 0.168. The number of hydrogen-bond donors (Lipinski definition) is 0. The summed E-state index contributed by atoms with van der Waals surface area (Å²) in [5, 5.41) is 0. The summed E-state index contributed by atoms with van der Waals surface area (Å²) in [5.74, 6) is 0.168. The highest BCUT2D eigenvalue weighted by atomic mass is 16.6. The molecule has 2 fully saturated rings. The van der Waals surface area contributed by atoms with Crippen molar-refractivity contribution in [3.05, 3.63) is 42.2 Å². The molecule has 7 nitrogen and oxygen atoms in total. The van der Waals surface area contributed by atoms with Gasteiger partial charge in [-0.1, -0.05) is 6.07 Å². The maximum Gasteiger partial charge on any atom is 0.410 e. The number of likely N-dealkylation sites (tertiary alicyclic amines) is 1. The Bertz CT molecular complexity index is 1080. The molecule has 3 aliphatic rings. The van der Waals surface area contributed by atoms with E-state index < -0.39 is 5.60 Å². The van der Waals surface area contributed by atoms with Gasteiger partial charge >= 0.3 is 6.09 Å². The van der Waals surface area contributed by atoms with E-state index in [-0.39, 0.29) is 17.4 Å². The van der Waals surface area contributed by atoms with E-state index in [1.54, 1.807) is 9.80 Å². The number of rotatable bonds is 2. The largest absolute Gasteiger partial charge is 0.444 e. The van der Waals surface area contributed by atoms with E-state index in [1.807, 2.05) is 46.3 Å². The van der Waals surface area contributed by atoms with Gasteiger partial charge in [0, 0.05) is 62.5 Å². The number of amides is 2. The number of benzene rings is 1. The smallest absolute Gasteiger partial charge is 0.410 e. The van der Waals surface area contributed by atoms with Crippen LogP contribution in [0.4, 0.5) is 16.2 Å². The number of fused-ring (bicyclic) bond motifs is 1. The minimum atomic E-state index is -0.459. The zero-order valence-electron chi connectivity index (χ0n) is 19.2. The molecule has 2 aromatic rings. The van der Waals surface area contributed by atoms with Crippen molar-refractivity contribution in [1.29, 1.82) is 0 Å². The Morgan fingerprint density at radius 3 is 2.50 bits per heavy atom. The van der Waals surface area contributed by atoms with E-state index >= 15 is 0 Å². The number of nitrogens with zero attached hydrogens (tertiary/aromatic N) is 4. The summed E-state index contributed by atoms with van der Waals surface area (Å²) in [6.45, 7) is 9.04. The molecule has 0 unspecified atom stereocenters. The molecule has 168 valence electrons. The molecule has 7 heteroatoms. The predicted octanol–water partition coefficient (Wildman–Crippen LogP) is 3.71. The summed E-state index contributed by atoms with van der Waals surface area (Å²) in [5.41, 5.74) is 5.22. The van der Waals surface area contributed by atoms with Crippen molar-refractivity contribution in [3.63, 3.8) is 0 Å². The summed E-state index contributed by atoms with van der Waals surface area (Å²) in [7, 11) is 1.84. The Morgan fingerprint density at radius 2 is 1.78 bits per heavy atom. The van der Waals surface area contributed by atoms with Gasteiger partial charge in [-0.25, -0.2) is 4.79 Å². The van der Waals surface area contributed by atoms with Crippen molar-refractivity contribution in [2.45, 2.75) is 39.2 Å². The van der Waals surface area contributed by atoms with Crippen LogP contribution < -0.4 is 9.80 Å². The van der Waals surface area contributed by atoms with Crippen LogP contribution in [0.3, 0.4) is 0 Å². The zero-order chi connectivity index (χ0) is 22.7. The van der Waals surface area contributed by atoms with Crippen molar-refractivity contribution in [3.8, 4) is 11.1 Å². The molecule has 4 heterocycles. The van der Waals surface area contributed by atoms with Gasteiger partial charge in [0.15, 0.2) is 0 Å². The molecule has 0 N–H and O–H groups in total. The van der Waals surface area contributed by atoms with Gasteiger partial charge in [0.2, 0.25) is 5.91 Å². The lowest BCUT2D eigenvalue weighted by Gasteiger charge is -2.60. The van der Waals surface area contributed by atoms with Crippen LogP contribution in [0.1, 0.15) is 32.8 Å². The highest BCUT2D eigenvalue weighted by molar-refractivity contribution is 5.96. The second-order valence-electron chi connectivity index (χ2n) is 10.4. The third-order valence-corrected chi connectivity index (χ3v) is 6.60. The predicted molar refractivity (Wildman–Crippen MR) is 124 cm³/mol. The molecule has 2 saturated heterocycles. The number of hydrogen-bond acceptors (Lipinski definition) is 5. The molecule has 0 saturated carbocycles. The second kappa shape index (κ2) is 7.22. The first-order valence-corrected chi connectivity index (χ1v) is 11.2. The van der Waals surface area contributed by atoms with Crippen LogP contribution >= 0.6 is 0 Å². The number of aryl methyl sites for hydroxylation is 1. The Kier molecular flexibility index (Phi) is 4.69. The maximum absolute atomic E-state index is 12.2. The number of pyridine rings is 1. The van der Waals surface area contributed by atoms with Gasteiger partial charge in [0.05, 0.1) is 11.9 Å². The van der Waals surface area contributed by atoms with E-state index in [0.29, 0.717) is 6.42 Å². The van der Waals surface area contributed by atoms with Crippen molar-refractivity contribution in [2.75, 3.05) is 43.0 Å². The molecule has 0 aliphatic carbocycles. The number of anilines is 2. The lowest BCUT2D eigenvalue weighted by atomic mass is 9.73. The number of ether oxygens (including phenoxy) is 1. The molecule has 1 aromatic heterocycles. The molecule has 1 spiro atoms. The first kappa shape index (κ1) is 20.8. The van der Waals surface area contributed by atoms with Gasteiger partial charge in [0.1, 0.15) is 5.60 Å². The van der Waals surface area contributed by atoms with E-state index in [1.165, 1.54) is 5.56 Å². The van der Waals surface area contributed by atoms with Crippen molar-refractivity contribution >= 4 is 23.4 Å². The summed E-state index contributed by atoms with van der Waals surface area (Å²) in [6, 6.07) is 8.47. The van der Waals surface area contributed by atoms with Crippen LogP contribution in [-0.4, -0.2) is 60.7 Å². The van der Waals surface area contributed by atoms with Crippen LogP contribution in [0.5, 0.6) is 0 Å². The average molecular weight is 435 g/mol. The third-order valence-electron chi connectivity index (χ3n) is 6.60. The fourth-order valence-electron chi connectivity index (χ4n) is 4.96. The summed E-state index contributed by atoms with van der Waals surface area (Å²) < 4.78 is 5.47. The second-order valence-corrected chi connectivity index (χ2v) is 10.4. The van der Waals surface area contributed by atoms with E-state index in [4.69, 9.17) is 4.74 Å². The standard InChI is InChI=1S/C25H30N4O3/c1-24(2,3)32-23(31)29-15-25(16-29)13-28(14-25)20-10-19(11-26-12-20)17-5-7-21-18(9-17)6-8-22(30)27(21)4/h5,7,9-12H,6,8,13-16H2,1-4H3. The first-order valence-electron chi connectivity index (χ1n) is 11.2. The summed E-state index contributed by atoms with van der Waals surface area (Å²) in [6.07, 6.45) is 4.92. The molecule has 1 aromatic carbocycles. The van der Waals surface area contributed by atoms with E-state index in [0.717, 1.165) is 55.1 Å². The normalized spacial score (nSPS) is 19.4. The van der Waals surface area contributed by atoms with Crippen LogP contribution in [0, 0.1) is 5.41 Å². The van der Waals surface area contributed by atoms with Crippen LogP contribution in [0.2, 0.25) is 0 Å². The van der Waals surface area contributed by atoms with Crippen molar-refractivity contribution < 1.29 is 14.3 Å². The quantitative estimate of drug-likeness (QED) is 0.721. The molecule has 2 amide bonds. The fraction of sp³-hybridized carbons (Fsp3) is 0.480. The zero-order valence-corrected chi connectivity index (χ0v) is 19.2. The van der Waals surface area contributed by atoms with E-state index in [2.05, 4.69) is 28.1 Å². The molecule has 5 rings (SSSR count). The van der Waals surface area contributed by atoms with Gasteiger partial charge in [-0.2, -0.15) is 0 Å². The molecule has 0 bridgehead atoms. The molecule has 32 heavy (non-hydrogen) atoms. The average Bonchev–Trinajstić information content (AvgIpc) is 2.67. The van der Waals surface area contributed by atoms with E-state index in [9.17, 15) is 9.59 Å². The Morgan fingerprint density at radius 1 is 1.03 bits per heavy atom. The fourth-order valence-corrected chi connectivity index (χ4v) is 4.96. The topological polar surface area (TPSA) is 66.0 Å². The van der Waals surface area contributed by atoms with Gasteiger partial charge < -0.3 is 19.4 Å². The van der Waals surface area contributed by atoms with Gasteiger partial charge in [0.25, 0.3) is 0 Å². The van der Waals surface area contributed by atoms with Crippen molar-refractivity contribution in [2.24, 2.45) is 5.41 Å². The van der Waals surface area contributed by atoms with Gasteiger partial charge in [-0.3, -0.25) is 9.78 Å². The van der Waals surface area contributed by atoms with Crippen molar-refractivity contribution in [1.82, 2.24) is 9.88 Å². The van der Waals surface area contributed by atoms with Gasteiger partial charge in [-0.15, -0.1) is 0 Å². The summed E-state index contributed by atoms with van der Waals surface area (Å²) >= 11 is 0. The molecular weight excluding hydrogens is 404 g/mol. The highest BCUT2D eigenvalue weighted by Gasteiger charge is 2.54. The number of carbonyl (C=O) groups excluding carboxylic acids is 2.